The summed E-state index contributed by atoms with van der Waals surface area (Å²) >= 11 is 3.14. The van der Waals surface area contributed by atoms with Crippen molar-refractivity contribution in [1.29, 1.82) is 0 Å². The summed E-state index contributed by atoms with van der Waals surface area (Å²) in [7, 11) is 0. The molecule has 1 aromatic rings. The number of carbonyl (C=O) groups is 2. The van der Waals surface area contributed by atoms with Crippen LogP contribution in [-0.2, 0) is 11.2 Å². The smallest absolute Gasteiger partial charge is 0.307 e. The van der Waals surface area contributed by atoms with E-state index in [1.165, 1.54) is 18.2 Å². The molecule has 0 aliphatic heterocycles. The van der Waals surface area contributed by atoms with E-state index in [1.54, 1.807) is 6.92 Å². The second kappa shape index (κ2) is 5.12. The Morgan fingerprint density at radius 2 is 2.06 bits per heavy atom. The number of carboxylic acids is 1. The van der Waals surface area contributed by atoms with Gasteiger partial charge in [0.2, 0.25) is 0 Å². The maximum absolute atomic E-state index is 11.7. The fraction of sp³-hybridized carbons (Fsp3) is 0.273. The Morgan fingerprint density at radius 3 is 2.56 bits per heavy atom. The van der Waals surface area contributed by atoms with Gasteiger partial charge in [-0.3, -0.25) is 9.59 Å². The highest BCUT2D eigenvalue weighted by molar-refractivity contribution is 9.10. The van der Waals surface area contributed by atoms with Crippen molar-refractivity contribution in [1.82, 2.24) is 0 Å². The molecule has 1 atom stereocenters. The average molecular weight is 287 g/mol. The number of alkyl halides is 1. The minimum atomic E-state index is -1.04. The van der Waals surface area contributed by atoms with Gasteiger partial charge in [0.25, 0.3) is 0 Å². The predicted molar refractivity (Wildman–Crippen MR) is 62.2 cm³/mol. The molecule has 1 rings (SSSR count). The van der Waals surface area contributed by atoms with Gasteiger partial charge in [-0.15, -0.1) is 0 Å². The van der Waals surface area contributed by atoms with Crippen molar-refractivity contribution in [3.05, 3.63) is 29.3 Å². The van der Waals surface area contributed by atoms with E-state index in [9.17, 15) is 14.7 Å². The zero-order valence-electron chi connectivity index (χ0n) is 8.61. The molecule has 0 spiro atoms. The van der Waals surface area contributed by atoms with Gasteiger partial charge in [-0.2, -0.15) is 0 Å². The summed E-state index contributed by atoms with van der Waals surface area (Å²) < 4.78 is 0. The fourth-order valence-corrected chi connectivity index (χ4v) is 1.59. The molecule has 1 aromatic carbocycles. The summed E-state index contributed by atoms with van der Waals surface area (Å²) in [5.41, 5.74) is 0.647. The summed E-state index contributed by atoms with van der Waals surface area (Å²) in [6.07, 6.45) is -0.283. The molecule has 0 saturated carbocycles. The number of hydrogen-bond donors (Lipinski definition) is 2. The number of rotatable bonds is 4. The van der Waals surface area contributed by atoms with Crippen molar-refractivity contribution in [2.75, 3.05) is 0 Å². The molecule has 16 heavy (non-hydrogen) atoms. The standard InChI is InChI=1S/C11H11BrO4/c1-6(12)11(16)9-3-2-8(13)4-7(9)5-10(14)15/h2-4,6,13H,5H2,1H3,(H,14,15). The third kappa shape index (κ3) is 3.06. The van der Waals surface area contributed by atoms with Crippen LogP contribution in [-0.4, -0.2) is 26.8 Å². The van der Waals surface area contributed by atoms with Crippen LogP contribution >= 0.6 is 15.9 Å². The molecule has 0 aromatic heterocycles. The highest BCUT2D eigenvalue weighted by Gasteiger charge is 2.17. The number of benzene rings is 1. The molecule has 0 amide bonds. The van der Waals surface area contributed by atoms with Gasteiger partial charge in [-0.05, 0) is 30.7 Å². The van der Waals surface area contributed by atoms with Crippen LogP contribution in [0.25, 0.3) is 0 Å². The van der Waals surface area contributed by atoms with Crippen LogP contribution in [0.2, 0.25) is 0 Å². The minimum absolute atomic E-state index is 0.0463. The molecular formula is C11H11BrO4. The van der Waals surface area contributed by atoms with E-state index in [4.69, 9.17) is 5.11 Å². The molecule has 2 N–H and O–H groups in total. The average Bonchev–Trinajstić information content (AvgIpc) is 2.15. The molecule has 5 heteroatoms. The number of Topliss-reactive ketones (excluding diaryl/α,β-unsaturated/α-hetero) is 1. The van der Waals surface area contributed by atoms with Crippen molar-refractivity contribution < 1.29 is 19.8 Å². The number of ketones is 1. The van der Waals surface area contributed by atoms with E-state index in [-0.39, 0.29) is 22.8 Å². The third-order valence-corrected chi connectivity index (χ3v) is 2.47. The predicted octanol–water partition coefficient (Wildman–Crippen LogP) is 1.99. The SMILES string of the molecule is CC(Br)C(=O)c1ccc(O)cc1CC(=O)O. The zero-order chi connectivity index (χ0) is 12.3. The molecule has 0 radical (unpaired) electrons. The Bertz CT molecular complexity index is 426. The normalized spacial score (nSPS) is 12.1. The Labute approximate surface area is 101 Å². The maximum atomic E-state index is 11.7. The van der Waals surface area contributed by atoms with E-state index in [1.807, 2.05) is 0 Å². The van der Waals surface area contributed by atoms with Crippen LogP contribution in [0.1, 0.15) is 22.8 Å². The van der Waals surface area contributed by atoms with Crippen LogP contribution in [0, 0.1) is 0 Å². The van der Waals surface area contributed by atoms with Gasteiger partial charge in [0.05, 0.1) is 11.2 Å². The molecule has 4 nitrogen and oxygen atoms in total. The van der Waals surface area contributed by atoms with Gasteiger partial charge >= 0.3 is 5.97 Å². The Hall–Kier alpha value is -1.36. The number of carboxylic acid groups (broad SMARTS) is 1. The first-order valence-corrected chi connectivity index (χ1v) is 5.55. The van der Waals surface area contributed by atoms with E-state index in [0.717, 1.165) is 0 Å². The largest absolute Gasteiger partial charge is 0.508 e. The summed E-state index contributed by atoms with van der Waals surface area (Å²) in [5, 5.41) is 18.0. The summed E-state index contributed by atoms with van der Waals surface area (Å²) in [6.45, 7) is 1.67. The molecule has 0 saturated heterocycles. The third-order valence-electron chi connectivity index (χ3n) is 2.06. The summed E-state index contributed by atoms with van der Waals surface area (Å²) in [5.74, 6) is -1.28. The molecule has 0 bridgehead atoms. The number of hydrogen-bond acceptors (Lipinski definition) is 3. The first-order valence-electron chi connectivity index (χ1n) is 4.63. The van der Waals surface area contributed by atoms with Crippen LogP contribution in [0.4, 0.5) is 0 Å². The number of carbonyl (C=O) groups excluding carboxylic acids is 1. The quantitative estimate of drug-likeness (QED) is 0.656. The van der Waals surface area contributed by atoms with Gasteiger partial charge in [0.1, 0.15) is 5.75 Å². The lowest BCUT2D eigenvalue weighted by molar-refractivity contribution is -0.136. The highest BCUT2D eigenvalue weighted by atomic mass is 79.9. The van der Waals surface area contributed by atoms with Gasteiger partial charge in [0, 0.05) is 5.56 Å². The van der Waals surface area contributed by atoms with Gasteiger partial charge in [-0.25, -0.2) is 0 Å². The molecular weight excluding hydrogens is 276 g/mol. The van der Waals surface area contributed by atoms with Crippen LogP contribution in [0.5, 0.6) is 5.75 Å². The molecule has 1 unspecified atom stereocenters. The van der Waals surface area contributed by atoms with Crippen molar-refractivity contribution in [2.45, 2.75) is 18.2 Å². The van der Waals surface area contributed by atoms with Crippen molar-refractivity contribution in [2.24, 2.45) is 0 Å². The summed E-state index contributed by atoms with van der Waals surface area (Å²) in [4.78, 5) is 22.0. The van der Waals surface area contributed by atoms with Crippen LogP contribution in [0.3, 0.4) is 0 Å². The van der Waals surface area contributed by atoms with E-state index in [0.29, 0.717) is 11.1 Å². The first-order chi connectivity index (χ1) is 7.41. The van der Waals surface area contributed by atoms with Crippen LogP contribution in [0.15, 0.2) is 18.2 Å². The van der Waals surface area contributed by atoms with Gasteiger partial charge < -0.3 is 10.2 Å². The lowest BCUT2D eigenvalue weighted by Gasteiger charge is -2.08. The van der Waals surface area contributed by atoms with E-state index in [2.05, 4.69) is 15.9 Å². The zero-order valence-corrected chi connectivity index (χ0v) is 10.2. The van der Waals surface area contributed by atoms with E-state index >= 15 is 0 Å². The molecule has 0 aliphatic carbocycles. The second-order valence-corrected chi connectivity index (χ2v) is 4.77. The lowest BCUT2D eigenvalue weighted by Crippen LogP contribution is -2.14. The molecule has 0 fully saturated rings. The Morgan fingerprint density at radius 1 is 1.44 bits per heavy atom. The highest BCUT2D eigenvalue weighted by Crippen LogP contribution is 2.20. The Balaban J connectivity index is 3.17. The fourth-order valence-electron chi connectivity index (χ4n) is 1.34. The number of aliphatic carboxylic acids is 1. The van der Waals surface area contributed by atoms with Crippen molar-refractivity contribution in [3.8, 4) is 5.75 Å². The van der Waals surface area contributed by atoms with Crippen LogP contribution < -0.4 is 0 Å². The molecule has 86 valence electrons. The monoisotopic (exact) mass is 286 g/mol. The Kier molecular flexibility index (Phi) is 4.06. The number of phenols is 1. The van der Waals surface area contributed by atoms with Crippen molar-refractivity contribution >= 4 is 27.7 Å². The van der Waals surface area contributed by atoms with E-state index < -0.39 is 5.97 Å². The van der Waals surface area contributed by atoms with Gasteiger partial charge in [-0.1, -0.05) is 15.9 Å². The number of halogens is 1. The topological polar surface area (TPSA) is 74.6 Å². The maximum Gasteiger partial charge on any atom is 0.307 e. The van der Waals surface area contributed by atoms with Gasteiger partial charge in [0.15, 0.2) is 5.78 Å². The lowest BCUT2D eigenvalue weighted by atomic mass is 9.99. The number of phenolic OH excluding ortho intramolecular Hbond substituents is 1. The number of aromatic hydroxyl groups is 1. The van der Waals surface area contributed by atoms with Crippen molar-refractivity contribution in [3.63, 3.8) is 0 Å². The molecule has 0 aliphatic rings. The first kappa shape index (κ1) is 12.7. The minimum Gasteiger partial charge on any atom is -0.508 e. The summed E-state index contributed by atoms with van der Waals surface area (Å²) in [6, 6.07) is 4.11. The molecule has 0 heterocycles. The second-order valence-electron chi connectivity index (χ2n) is 3.39.